The first-order valence-electron chi connectivity index (χ1n) is 5.59. The Hall–Kier alpha value is -0.300. The molecule has 0 aromatic carbocycles. The van der Waals surface area contributed by atoms with Crippen molar-refractivity contribution in [2.24, 2.45) is 5.18 Å². The normalized spacial score (nSPS) is 22.8. The van der Waals surface area contributed by atoms with Gasteiger partial charge in [-0.3, -0.25) is 4.90 Å². The number of hydrogen-bond acceptors (Lipinski definition) is 4. The van der Waals surface area contributed by atoms with Gasteiger partial charge in [-0.05, 0) is 45.0 Å². The zero-order valence-corrected chi connectivity index (χ0v) is 10.6. The number of fused-ring (bicyclic) bond motifs is 1. The number of halogens is 3. The van der Waals surface area contributed by atoms with Gasteiger partial charge in [-0.25, -0.2) is 0 Å². The van der Waals surface area contributed by atoms with Gasteiger partial charge in [-0.1, -0.05) is 16.9 Å². The van der Waals surface area contributed by atoms with Crippen LogP contribution in [0.1, 0.15) is 25.7 Å². The third-order valence-corrected chi connectivity index (χ3v) is 3.86. The molecule has 2 aliphatic rings. The van der Waals surface area contributed by atoms with Crippen LogP contribution in [0.25, 0.3) is 0 Å². The highest BCUT2D eigenvalue weighted by molar-refractivity contribution is 7.99. The van der Waals surface area contributed by atoms with Gasteiger partial charge in [0.1, 0.15) is 0 Å². The van der Waals surface area contributed by atoms with E-state index in [4.69, 9.17) is 0 Å². The van der Waals surface area contributed by atoms with Gasteiger partial charge < -0.3 is 0 Å². The maximum atomic E-state index is 10.7. The van der Waals surface area contributed by atoms with Gasteiger partial charge in [0.05, 0.1) is 6.54 Å². The summed E-state index contributed by atoms with van der Waals surface area (Å²) in [5.74, 6) is 0. The molecule has 0 spiro atoms. The monoisotopic (exact) mass is 270 g/mol. The molecule has 2 heterocycles. The van der Waals surface area contributed by atoms with Gasteiger partial charge in [0.25, 0.3) is 0 Å². The molecule has 0 atom stereocenters. The third kappa shape index (κ3) is 4.13. The zero-order chi connectivity index (χ0) is 12.9. The van der Waals surface area contributed by atoms with Gasteiger partial charge in [0.15, 0.2) is 0 Å². The van der Waals surface area contributed by atoms with Gasteiger partial charge in [-0.15, -0.1) is 0 Å². The van der Waals surface area contributed by atoms with Crippen LogP contribution in [0.3, 0.4) is 0 Å². The summed E-state index contributed by atoms with van der Waals surface area (Å²) in [6.45, 7) is 2.90. The SMILES string of the molecule is CSC(F)(F)F.O=NCC12CCCN1CCC2. The number of rotatable bonds is 2. The summed E-state index contributed by atoms with van der Waals surface area (Å²) < 4.78 is 32.2. The van der Waals surface area contributed by atoms with Crippen molar-refractivity contribution >= 4 is 11.8 Å². The second kappa shape index (κ2) is 6.04. The number of hydrogen-bond donors (Lipinski definition) is 0. The van der Waals surface area contributed by atoms with E-state index in [-0.39, 0.29) is 17.3 Å². The van der Waals surface area contributed by atoms with E-state index >= 15 is 0 Å². The smallest absolute Gasteiger partial charge is 0.296 e. The summed E-state index contributed by atoms with van der Waals surface area (Å²) in [7, 11) is 0. The highest BCUT2D eigenvalue weighted by atomic mass is 32.2. The topological polar surface area (TPSA) is 32.7 Å². The zero-order valence-electron chi connectivity index (χ0n) is 9.79. The van der Waals surface area contributed by atoms with E-state index in [0.717, 1.165) is 6.26 Å². The highest BCUT2D eigenvalue weighted by Crippen LogP contribution is 2.38. The summed E-state index contributed by atoms with van der Waals surface area (Å²) in [5, 5.41) is 3.06. The Balaban J connectivity index is 0.000000209. The lowest BCUT2D eigenvalue weighted by molar-refractivity contribution is -0.0323. The maximum Gasteiger partial charge on any atom is 0.441 e. The summed E-state index contributed by atoms with van der Waals surface area (Å²) in [5.41, 5.74) is -3.83. The number of nitrogens with zero attached hydrogens (tertiary/aromatic N) is 2. The van der Waals surface area contributed by atoms with Crippen LogP contribution in [0.2, 0.25) is 0 Å². The van der Waals surface area contributed by atoms with Gasteiger partial charge >= 0.3 is 5.51 Å². The average Bonchev–Trinajstić information content (AvgIpc) is 2.77. The fraction of sp³-hybridized carbons (Fsp3) is 1.00. The molecule has 3 nitrogen and oxygen atoms in total. The fourth-order valence-corrected chi connectivity index (χ4v) is 2.60. The lowest BCUT2D eigenvalue weighted by Gasteiger charge is -2.28. The average molecular weight is 270 g/mol. The molecule has 0 bridgehead atoms. The number of thioether (sulfide) groups is 1. The van der Waals surface area contributed by atoms with E-state index in [1.807, 2.05) is 0 Å². The van der Waals surface area contributed by atoms with Crippen LogP contribution in [-0.2, 0) is 0 Å². The molecule has 0 aromatic rings. The first-order chi connectivity index (χ1) is 7.93. The molecular weight excluding hydrogens is 253 g/mol. The van der Waals surface area contributed by atoms with E-state index in [1.54, 1.807) is 0 Å². The van der Waals surface area contributed by atoms with Crippen LogP contribution in [0.5, 0.6) is 0 Å². The first-order valence-corrected chi connectivity index (χ1v) is 6.82. The van der Waals surface area contributed by atoms with Crippen LogP contribution < -0.4 is 0 Å². The molecule has 0 aromatic heterocycles. The molecule has 0 unspecified atom stereocenters. The third-order valence-electron chi connectivity index (χ3n) is 3.40. The van der Waals surface area contributed by atoms with Crippen molar-refractivity contribution in [3.05, 3.63) is 4.91 Å². The van der Waals surface area contributed by atoms with Crippen LogP contribution in [0.4, 0.5) is 13.2 Å². The first kappa shape index (κ1) is 14.8. The second-order valence-electron chi connectivity index (χ2n) is 4.36. The highest BCUT2D eigenvalue weighted by Gasteiger charge is 2.44. The molecule has 0 aliphatic carbocycles. The van der Waals surface area contributed by atoms with Gasteiger partial charge in [-0.2, -0.15) is 18.1 Å². The molecular formula is C10H17F3N2OS. The second-order valence-corrected chi connectivity index (χ2v) is 5.23. The Labute approximate surface area is 103 Å². The minimum atomic E-state index is -4.04. The molecule has 2 saturated heterocycles. The van der Waals surface area contributed by atoms with Crippen molar-refractivity contribution < 1.29 is 13.2 Å². The maximum absolute atomic E-state index is 10.7. The van der Waals surface area contributed by atoms with Gasteiger partial charge in [0.2, 0.25) is 0 Å². The van der Waals surface area contributed by atoms with Crippen LogP contribution in [0, 0.1) is 4.91 Å². The molecule has 0 N–H and O–H groups in total. The van der Waals surface area contributed by atoms with Crippen molar-refractivity contribution in [3.63, 3.8) is 0 Å². The van der Waals surface area contributed by atoms with Crippen LogP contribution in [-0.4, -0.2) is 41.8 Å². The van der Waals surface area contributed by atoms with Gasteiger partial charge in [0, 0.05) is 5.54 Å². The summed E-state index contributed by atoms with van der Waals surface area (Å²) in [6.07, 6.45) is 5.91. The number of nitroso groups, excluding NO2 is 1. The predicted molar refractivity (Wildman–Crippen MR) is 63.0 cm³/mol. The van der Waals surface area contributed by atoms with Crippen molar-refractivity contribution in [1.29, 1.82) is 0 Å². The lowest BCUT2D eigenvalue weighted by Crippen LogP contribution is -2.40. The molecule has 2 fully saturated rings. The van der Waals surface area contributed by atoms with E-state index in [2.05, 4.69) is 10.1 Å². The molecule has 2 aliphatic heterocycles. The minimum absolute atomic E-state index is 0.118. The Morgan fingerprint density at radius 2 is 1.76 bits per heavy atom. The van der Waals surface area contributed by atoms with Crippen molar-refractivity contribution in [2.45, 2.75) is 36.7 Å². The summed E-state index contributed by atoms with van der Waals surface area (Å²) >= 11 is -0.118. The Morgan fingerprint density at radius 3 is 2.12 bits per heavy atom. The summed E-state index contributed by atoms with van der Waals surface area (Å²) in [4.78, 5) is 12.7. The van der Waals surface area contributed by atoms with E-state index < -0.39 is 5.51 Å². The Bertz CT molecular complexity index is 250. The summed E-state index contributed by atoms with van der Waals surface area (Å²) in [6, 6.07) is 0. The molecule has 0 saturated carbocycles. The van der Waals surface area contributed by atoms with Crippen molar-refractivity contribution in [3.8, 4) is 0 Å². The quantitative estimate of drug-likeness (QED) is 0.722. The number of alkyl halides is 3. The molecule has 100 valence electrons. The van der Waals surface area contributed by atoms with E-state index in [9.17, 15) is 18.1 Å². The van der Waals surface area contributed by atoms with Crippen molar-refractivity contribution in [2.75, 3.05) is 25.9 Å². The van der Waals surface area contributed by atoms with E-state index in [0.29, 0.717) is 6.54 Å². The van der Waals surface area contributed by atoms with Crippen molar-refractivity contribution in [1.82, 2.24) is 4.90 Å². The fourth-order valence-electron chi connectivity index (χ4n) is 2.60. The molecule has 17 heavy (non-hydrogen) atoms. The standard InChI is InChI=1S/C8H14N2O.C2H3F3S/c11-9-7-8-3-1-5-10(8)6-2-4-8;1-6-2(3,4)5/h1-7H2;1H3. The minimum Gasteiger partial charge on any atom is -0.296 e. The lowest BCUT2D eigenvalue weighted by atomic mass is 9.94. The van der Waals surface area contributed by atoms with Crippen LogP contribution in [0.15, 0.2) is 5.18 Å². The van der Waals surface area contributed by atoms with Crippen LogP contribution >= 0.6 is 11.8 Å². The largest absolute Gasteiger partial charge is 0.441 e. The molecule has 0 amide bonds. The molecule has 7 heteroatoms. The molecule has 2 rings (SSSR count). The Kier molecular flexibility index (Phi) is 5.24. The van der Waals surface area contributed by atoms with E-state index in [1.165, 1.54) is 38.8 Å². The predicted octanol–water partition coefficient (Wildman–Crippen LogP) is 3.25. The Morgan fingerprint density at radius 1 is 1.29 bits per heavy atom. The molecule has 0 radical (unpaired) electrons.